The van der Waals surface area contributed by atoms with Crippen LogP contribution in [0.2, 0.25) is 0 Å². The van der Waals surface area contributed by atoms with Crippen LogP contribution in [0.4, 0.5) is 5.69 Å². The molecule has 1 aromatic carbocycles. The van der Waals surface area contributed by atoms with Crippen molar-refractivity contribution in [2.24, 2.45) is 0 Å². The van der Waals surface area contributed by atoms with Gasteiger partial charge in [-0.3, -0.25) is 9.78 Å². The van der Waals surface area contributed by atoms with E-state index in [1.165, 1.54) is 6.08 Å². The average Bonchev–Trinajstić information content (AvgIpc) is 3.12. The minimum Gasteiger partial charge on any atom is -0.323 e. The van der Waals surface area contributed by atoms with Crippen molar-refractivity contribution in [2.45, 2.75) is 6.92 Å². The van der Waals surface area contributed by atoms with Gasteiger partial charge in [-0.15, -0.1) is 10.2 Å². The molecule has 3 aromatic heterocycles. The van der Waals surface area contributed by atoms with Gasteiger partial charge in [-0.25, -0.2) is 0 Å². The summed E-state index contributed by atoms with van der Waals surface area (Å²) >= 11 is 0. The van der Waals surface area contributed by atoms with E-state index in [1.807, 2.05) is 48.5 Å². The van der Waals surface area contributed by atoms with Crippen LogP contribution in [-0.4, -0.2) is 30.7 Å². The molecule has 7 nitrogen and oxygen atoms in total. The third-order valence-corrected chi connectivity index (χ3v) is 3.93. The first-order valence-corrected chi connectivity index (χ1v) is 8.41. The van der Waals surface area contributed by atoms with Gasteiger partial charge in [0.05, 0.1) is 5.69 Å². The second-order valence-corrected chi connectivity index (χ2v) is 5.82. The van der Waals surface area contributed by atoms with Gasteiger partial charge >= 0.3 is 0 Å². The summed E-state index contributed by atoms with van der Waals surface area (Å²) in [5.74, 6) is 0.452. The second kappa shape index (κ2) is 7.17. The van der Waals surface area contributed by atoms with Gasteiger partial charge in [0, 0.05) is 29.2 Å². The molecule has 1 N–H and O–H groups in total. The number of hydrogen-bond donors (Lipinski definition) is 1. The van der Waals surface area contributed by atoms with Gasteiger partial charge in [0.1, 0.15) is 0 Å². The Morgan fingerprint density at radius 1 is 1.07 bits per heavy atom. The summed E-state index contributed by atoms with van der Waals surface area (Å²) in [5.41, 5.74) is 3.81. The Labute approximate surface area is 155 Å². The third-order valence-electron chi connectivity index (χ3n) is 3.93. The molecule has 3 heterocycles. The van der Waals surface area contributed by atoms with E-state index in [4.69, 9.17) is 0 Å². The molecule has 27 heavy (non-hydrogen) atoms. The monoisotopic (exact) mass is 356 g/mol. The van der Waals surface area contributed by atoms with Gasteiger partial charge in [0.25, 0.3) is 0 Å². The highest BCUT2D eigenvalue weighted by Gasteiger charge is 2.11. The fourth-order valence-electron chi connectivity index (χ4n) is 2.71. The van der Waals surface area contributed by atoms with Crippen molar-refractivity contribution in [3.63, 3.8) is 0 Å². The smallest absolute Gasteiger partial charge is 0.248 e. The van der Waals surface area contributed by atoms with Crippen molar-refractivity contribution in [3.8, 4) is 22.6 Å². The Morgan fingerprint density at radius 2 is 1.96 bits per heavy atom. The number of anilines is 1. The summed E-state index contributed by atoms with van der Waals surface area (Å²) in [6, 6.07) is 15.0. The first kappa shape index (κ1) is 16.6. The fraction of sp³-hybridized carbons (Fsp3) is 0.0500. The van der Waals surface area contributed by atoms with Crippen LogP contribution in [0, 0.1) is 0 Å². The number of rotatable bonds is 4. The lowest BCUT2D eigenvalue weighted by molar-refractivity contribution is -0.111. The van der Waals surface area contributed by atoms with E-state index in [0.717, 1.165) is 16.8 Å². The Bertz CT molecular complexity index is 1130. The maximum Gasteiger partial charge on any atom is 0.248 e. The van der Waals surface area contributed by atoms with Crippen molar-refractivity contribution in [2.75, 3.05) is 5.32 Å². The zero-order valence-electron chi connectivity index (χ0n) is 14.6. The van der Waals surface area contributed by atoms with Crippen molar-refractivity contribution in [1.82, 2.24) is 24.8 Å². The second-order valence-electron chi connectivity index (χ2n) is 5.82. The molecule has 0 spiro atoms. The van der Waals surface area contributed by atoms with E-state index in [0.29, 0.717) is 17.2 Å². The van der Waals surface area contributed by atoms with Crippen LogP contribution >= 0.6 is 0 Å². The molecule has 1 amide bonds. The number of nitrogens with one attached hydrogen (secondary N) is 1. The summed E-state index contributed by atoms with van der Waals surface area (Å²) in [5, 5.41) is 15.9. The van der Waals surface area contributed by atoms with Crippen LogP contribution in [-0.2, 0) is 4.79 Å². The number of fused-ring (bicyclic) bond motifs is 1. The lowest BCUT2D eigenvalue weighted by atomic mass is 10.1. The molecule has 0 aliphatic heterocycles. The number of benzene rings is 1. The lowest BCUT2D eigenvalue weighted by Gasteiger charge is -2.06. The fourth-order valence-corrected chi connectivity index (χ4v) is 2.71. The molecular weight excluding hydrogens is 340 g/mol. The standard InChI is InChI=1S/C20H16N6O/c1-2-5-19(27)22-16-8-3-6-14(12-16)17-9-10-18-23-24-20(26(18)25-17)15-7-4-11-21-13-15/h2-13H,1H3,(H,22,27)/b5-2+. The average molecular weight is 356 g/mol. The minimum absolute atomic E-state index is 0.171. The molecule has 0 aliphatic carbocycles. The molecular formula is C20H16N6O. The van der Waals surface area contributed by atoms with Gasteiger partial charge in [-0.2, -0.15) is 9.61 Å². The predicted molar refractivity (Wildman–Crippen MR) is 103 cm³/mol. The number of carbonyl (C=O) groups is 1. The Morgan fingerprint density at radius 3 is 2.78 bits per heavy atom. The van der Waals surface area contributed by atoms with E-state index in [-0.39, 0.29) is 5.91 Å². The van der Waals surface area contributed by atoms with Gasteiger partial charge in [-0.05, 0) is 49.4 Å². The van der Waals surface area contributed by atoms with Crippen molar-refractivity contribution in [3.05, 3.63) is 73.1 Å². The molecule has 4 aromatic rings. The van der Waals surface area contributed by atoms with E-state index in [1.54, 1.807) is 29.9 Å². The topological polar surface area (TPSA) is 85.1 Å². The molecule has 7 heteroatoms. The van der Waals surface area contributed by atoms with Crippen LogP contribution in [0.15, 0.2) is 73.1 Å². The first-order valence-electron chi connectivity index (χ1n) is 8.41. The number of nitrogens with zero attached hydrogens (tertiary/aromatic N) is 5. The maximum absolute atomic E-state index is 11.8. The highest BCUT2D eigenvalue weighted by atomic mass is 16.1. The van der Waals surface area contributed by atoms with E-state index < -0.39 is 0 Å². The quantitative estimate of drug-likeness (QED) is 0.567. The van der Waals surface area contributed by atoms with Gasteiger partial charge in [-0.1, -0.05) is 18.2 Å². The van der Waals surface area contributed by atoms with Crippen LogP contribution in [0.5, 0.6) is 0 Å². The lowest BCUT2D eigenvalue weighted by Crippen LogP contribution is -2.07. The minimum atomic E-state index is -0.171. The third kappa shape index (κ3) is 3.43. The normalized spacial score (nSPS) is 11.1. The van der Waals surface area contributed by atoms with Crippen LogP contribution in [0.1, 0.15) is 6.92 Å². The van der Waals surface area contributed by atoms with Gasteiger partial charge < -0.3 is 5.32 Å². The summed E-state index contributed by atoms with van der Waals surface area (Å²) in [7, 11) is 0. The Kier molecular flexibility index (Phi) is 4.40. The van der Waals surface area contributed by atoms with E-state index in [9.17, 15) is 4.79 Å². The number of hydrogen-bond acceptors (Lipinski definition) is 5. The number of carbonyl (C=O) groups excluding carboxylic acids is 1. The number of pyridine rings is 1. The summed E-state index contributed by atoms with van der Waals surface area (Å²) in [4.78, 5) is 15.9. The largest absolute Gasteiger partial charge is 0.323 e. The predicted octanol–water partition coefficient (Wildman–Crippen LogP) is 3.37. The summed E-state index contributed by atoms with van der Waals surface area (Å²) in [6.45, 7) is 1.80. The highest BCUT2D eigenvalue weighted by molar-refractivity contribution is 5.99. The van der Waals surface area contributed by atoms with E-state index >= 15 is 0 Å². The van der Waals surface area contributed by atoms with E-state index in [2.05, 4.69) is 25.6 Å². The molecule has 0 saturated carbocycles. The maximum atomic E-state index is 11.8. The number of allylic oxidation sites excluding steroid dienone is 1. The molecule has 0 radical (unpaired) electrons. The number of amides is 1. The molecule has 0 atom stereocenters. The van der Waals surface area contributed by atoms with Crippen LogP contribution in [0.3, 0.4) is 0 Å². The molecule has 0 saturated heterocycles. The zero-order chi connectivity index (χ0) is 18.6. The van der Waals surface area contributed by atoms with Crippen molar-refractivity contribution >= 4 is 17.2 Å². The molecule has 0 fully saturated rings. The highest BCUT2D eigenvalue weighted by Crippen LogP contribution is 2.23. The molecule has 0 unspecified atom stereocenters. The van der Waals surface area contributed by atoms with Crippen molar-refractivity contribution < 1.29 is 4.79 Å². The first-order chi connectivity index (χ1) is 13.2. The van der Waals surface area contributed by atoms with Crippen LogP contribution < -0.4 is 5.32 Å². The zero-order valence-corrected chi connectivity index (χ0v) is 14.6. The Balaban J connectivity index is 1.73. The Hall–Kier alpha value is -3.87. The summed E-state index contributed by atoms with van der Waals surface area (Å²) in [6.07, 6.45) is 6.61. The molecule has 4 rings (SSSR count). The SMILES string of the molecule is C/C=C/C(=O)Nc1cccc(-c2ccc3nnc(-c4cccnc4)n3n2)c1. The number of aromatic nitrogens is 5. The molecule has 132 valence electrons. The summed E-state index contributed by atoms with van der Waals surface area (Å²) < 4.78 is 1.69. The molecule has 0 aliphatic rings. The van der Waals surface area contributed by atoms with Crippen LogP contribution in [0.25, 0.3) is 28.3 Å². The molecule has 0 bridgehead atoms. The van der Waals surface area contributed by atoms with Gasteiger partial charge in [0.2, 0.25) is 5.91 Å². The van der Waals surface area contributed by atoms with Crippen molar-refractivity contribution in [1.29, 1.82) is 0 Å². The van der Waals surface area contributed by atoms with Gasteiger partial charge in [0.15, 0.2) is 11.5 Å².